The molecule has 4 heteroatoms. The Kier molecular flexibility index (Phi) is 4.77. The van der Waals surface area contributed by atoms with Gasteiger partial charge in [-0.15, -0.1) is 0 Å². The molecule has 13 heavy (non-hydrogen) atoms. The minimum atomic E-state index is -0.990. The summed E-state index contributed by atoms with van der Waals surface area (Å²) in [6.45, 7) is 5.32. The van der Waals surface area contributed by atoms with E-state index in [0.29, 0.717) is 6.42 Å². The molecule has 4 nitrogen and oxygen atoms in total. The lowest BCUT2D eigenvalue weighted by Crippen LogP contribution is -2.31. The molecule has 0 bridgehead atoms. The summed E-state index contributed by atoms with van der Waals surface area (Å²) >= 11 is 0. The maximum atomic E-state index is 10.2. The van der Waals surface area contributed by atoms with E-state index in [9.17, 15) is 9.90 Å². The van der Waals surface area contributed by atoms with Crippen molar-refractivity contribution in [3.05, 3.63) is 0 Å². The Hall–Kier alpha value is -0.770. The summed E-state index contributed by atoms with van der Waals surface area (Å²) in [5, 5.41) is 20.1. The van der Waals surface area contributed by atoms with Crippen LogP contribution in [0.15, 0.2) is 0 Å². The molecule has 0 aliphatic heterocycles. The monoisotopic (exact) mass is 189 g/mol. The number of aliphatic hydroxyl groups is 1. The number of amides is 1. The van der Waals surface area contributed by atoms with Crippen LogP contribution in [0, 0.1) is 0 Å². The molecule has 0 rings (SSSR count). The lowest BCUT2D eigenvalue weighted by Gasteiger charge is -2.18. The quantitative estimate of drug-likeness (QED) is 0.615. The molecule has 0 fully saturated rings. The Morgan fingerprint density at radius 2 is 2.08 bits per heavy atom. The molecule has 0 aromatic rings. The SMILES string of the molecule is CC(CCCC(C)(C)O)NC(=O)O. The fourth-order valence-electron chi connectivity index (χ4n) is 1.12. The third-order valence-corrected chi connectivity index (χ3v) is 1.80. The van der Waals surface area contributed by atoms with Crippen LogP contribution < -0.4 is 5.32 Å². The van der Waals surface area contributed by atoms with E-state index in [1.807, 2.05) is 6.92 Å². The second-order valence-electron chi connectivity index (χ2n) is 4.06. The topological polar surface area (TPSA) is 69.6 Å². The molecule has 1 amide bonds. The zero-order valence-corrected chi connectivity index (χ0v) is 8.50. The summed E-state index contributed by atoms with van der Waals surface area (Å²) in [7, 11) is 0. The number of rotatable bonds is 5. The highest BCUT2D eigenvalue weighted by Gasteiger charge is 2.13. The minimum Gasteiger partial charge on any atom is -0.465 e. The van der Waals surface area contributed by atoms with E-state index in [-0.39, 0.29) is 6.04 Å². The molecule has 0 aliphatic carbocycles. The van der Waals surface area contributed by atoms with Gasteiger partial charge in [-0.05, 0) is 40.0 Å². The van der Waals surface area contributed by atoms with Crippen LogP contribution in [-0.2, 0) is 0 Å². The lowest BCUT2D eigenvalue weighted by atomic mass is 10.00. The molecule has 0 saturated heterocycles. The smallest absolute Gasteiger partial charge is 0.404 e. The molecule has 78 valence electrons. The van der Waals surface area contributed by atoms with Gasteiger partial charge in [-0.1, -0.05) is 0 Å². The first kappa shape index (κ1) is 12.2. The number of carbonyl (C=O) groups is 1. The van der Waals surface area contributed by atoms with Crippen LogP contribution in [0.3, 0.4) is 0 Å². The maximum Gasteiger partial charge on any atom is 0.404 e. The fourth-order valence-corrected chi connectivity index (χ4v) is 1.12. The zero-order valence-electron chi connectivity index (χ0n) is 8.50. The van der Waals surface area contributed by atoms with Crippen molar-refractivity contribution in [2.24, 2.45) is 0 Å². The lowest BCUT2D eigenvalue weighted by molar-refractivity contribution is 0.0676. The standard InChI is InChI=1S/C9H19NO3/c1-7(10-8(11)12)5-4-6-9(2,3)13/h7,10,13H,4-6H2,1-3H3,(H,11,12). The maximum absolute atomic E-state index is 10.2. The third kappa shape index (κ3) is 9.14. The molecule has 0 spiro atoms. The Bertz CT molecular complexity index is 163. The van der Waals surface area contributed by atoms with Crippen molar-refractivity contribution in [2.75, 3.05) is 0 Å². The van der Waals surface area contributed by atoms with Crippen LogP contribution >= 0.6 is 0 Å². The predicted octanol–water partition coefficient (Wildman–Crippen LogP) is 1.58. The molecular formula is C9H19NO3. The van der Waals surface area contributed by atoms with Gasteiger partial charge in [-0.25, -0.2) is 4.79 Å². The summed E-state index contributed by atoms with van der Waals surface area (Å²) in [6, 6.07) is -0.0418. The average Bonchev–Trinajstić information content (AvgIpc) is 1.81. The van der Waals surface area contributed by atoms with E-state index < -0.39 is 11.7 Å². The van der Waals surface area contributed by atoms with Crippen molar-refractivity contribution in [1.29, 1.82) is 0 Å². The van der Waals surface area contributed by atoms with Crippen molar-refractivity contribution in [1.82, 2.24) is 5.32 Å². The van der Waals surface area contributed by atoms with Crippen LogP contribution in [-0.4, -0.2) is 27.9 Å². The summed E-state index contributed by atoms with van der Waals surface area (Å²) < 4.78 is 0. The normalized spacial score (nSPS) is 13.8. The van der Waals surface area contributed by atoms with Crippen molar-refractivity contribution < 1.29 is 15.0 Å². The molecule has 0 aromatic heterocycles. The van der Waals surface area contributed by atoms with Gasteiger partial charge in [0.05, 0.1) is 5.60 Å². The van der Waals surface area contributed by atoms with E-state index in [1.54, 1.807) is 13.8 Å². The highest BCUT2D eigenvalue weighted by molar-refractivity contribution is 5.64. The molecule has 0 heterocycles. The largest absolute Gasteiger partial charge is 0.465 e. The van der Waals surface area contributed by atoms with Crippen LogP contribution in [0.5, 0.6) is 0 Å². The highest BCUT2D eigenvalue weighted by atomic mass is 16.4. The van der Waals surface area contributed by atoms with Gasteiger partial charge in [0.15, 0.2) is 0 Å². The first-order chi connectivity index (χ1) is 5.81. The molecule has 0 aromatic carbocycles. The second-order valence-corrected chi connectivity index (χ2v) is 4.06. The molecule has 0 radical (unpaired) electrons. The van der Waals surface area contributed by atoms with Gasteiger partial charge in [-0.3, -0.25) is 0 Å². The Morgan fingerprint density at radius 3 is 2.46 bits per heavy atom. The van der Waals surface area contributed by atoms with Crippen molar-refractivity contribution >= 4 is 6.09 Å². The highest BCUT2D eigenvalue weighted by Crippen LogP contribution is 2.12. The Labute approximate surface area is 79.0 Å². The van der Waals surface area contributed by atoms with Crippen LogP contribution in [0.4, 0.5) is 4.79 Å². The predicted molar refractivity (Wildman–Crippen MR) is 50.8 cm³/mol. The molecule has 0 saturated carbocycles. The van der Waals surface area contributed by atoms with E-state index in [1.165, 1.54) is 0 Å². The first-order valence-electron chi connectivity index (χ1n) is 4.53. The van der Waals surface area contributed by atoms with Gasteiger partial charge in [0.2, 0.25) is 0 Å². The molecular weight excluding hydrogens is 170 g/mol. The van der Waals surface area contributed by atoms with Crippen LogP contribution in [0.1, 0.15) is 40.0 Å². The van der Waals surface area contributed by atoms with Gasteiger partial charge in [0.1, 0.15) is 0 Å². The molecule has 3 N–H and O–H groups in total. The second kappa shape index (κ2) is 5.07. The van der Waals surface area contributed by atoms with E-state index in [4.69, 9.17) is 5.11 Å². The van der Waals surface area contributed by atoms with Crippen molar-refractivity contribution in [2.45, 2.75) is 51.7 Å². The fraction of sp³-hybridized carbons (Fsp3) is 0.889. The van der Waals surface area contributed by atoms with E-state index >= 15 is 0 Å². The van der Waals surface area contributed by atoms with Gasteiger partial charge in [-0.2, -0.15) is 0 Å². The Morgan fingerprint density at radius 1 is 1.54 bits per heavy atom. The van der Waals surface area contributed by atoms with Crippen LogP contribution in [0.25, 0.3) is 0 Å². The molecule has 0 aliphatic rings. The summed E-state index contributed by atoms with van der Waals surface area (Å²) in [6.07, 6.45) is 1.29. The zero-order chi connectivity index (χ0) is 10.5. The van der Waals surface area contributed by atoms with Gasteiger partial charge >= 0.3 is 6.09 Å². The summed E-state index contributed by atoms with van der Waals surface area (Å²) in [5.74, 6) is 0. The average molecular weight is 189 g/mol. The molecule has 1 unspecified atom stereocenters. The third-order valence-electron chi connectivity index (χ3n) is 1.80. The van der Waals surface area contributed by atoms with Gasteiger partial charge < -0.3 is 15.5 Å². The summed E-state index contributed by atoms with van der Waals surface area (Å²) in [5.41, 5.74) is -0.650. The minimum absolute atomic E-state index is 0.0418. The first-order valence-corrected chi connectivity index (χ1v) is 4.53. The van der Waals surface area contributed by atoms with Gasteiger partial charge in [0.25, 0.3) is 0 Å². The van der Waals surface area contributed by atoms with Crippen LogP contribution in [0.2, 0.25) is 0 Å². The van der Waals surface area contributed by atoms with Gasteiger partial charge in [0, 0.05) is 6.04 Å². The van der Waals surface area contributed by atoms with E-state index in [0.717, 1.165) is 12.8 Å². The Balaban J connectivity index is 3.48. The van der Waals surface area contributed by atoms with E-state index in [2.05, 4.69) is 5.32 Å². The summed E-state index contributed by atoms with van der Waals surface area (Å²) in [4.78, 5) is 10.2. The number of nitrogens with one attached hydrogen (secondary N) is 1. The number of hydrogen-bond donors (Lipinski definition) is 3. The molecule has 1 atom stereocenters. The van der Waals surface area contributed by atoms with Crippen molar-refractivity contribution in [3.63, 3.8) is 0 Å². The number of carboxylic acid groups (broad SMARTS) is 1. The number of hydrogen-bond acceptors (Lipinski definition) is 2. The van der Waals surface area contributed by atoms with Crippen molar-refractivity contribution in [3.8, 4) is 0 Å².